The Hall–Kier alpha value is -1.55. The highest BCUT2D eigenvalue weighted by molar-refractivity contribution is 7.89. The Morgan fingerprint density at radius 2 is 2.15 bits per heavy atom. The topological polar surface area (TPSA) is 119 Å². The summed E-state index contributed by atoms with van der Waals surface area (Å²) in [7, 11) is -2.55. The van der Waals surface area contributed by atoms with Gasteiger partial charge in [-0.15, -0.1) is 0 Å². The summed E-state index contributed by atoms with van der Waals surface area (Å²) in [6.07, 6.45) is -0.992. The van der Waals surface area contributed by atoms with Gasteiger partial charge < -0.3 is 9.84 Å². The number of methoxy groups -OCH3 is 1. The van der Waals surface area contributed by atoms with Gasteiger partial charge in [-0.05, 0) is 12.5 Å². The number of aliphatic hydroxyl groups excluding tert-OH is 1. The van der Waals surface area contributed by atoms with Crippen molar-refractivity contribution in [1.82, 2.24) is 4.72 Å². The SMILES string of the molecule is COCC(O)CNS(=O)(=O)c1cc([N+](=O)[O-])ccc1C. The Morgan fingerprint density at radius 1 is 1.50 bits per heavy atom. The number of nitro groups is 1. The standard InChI is InChI=1S/C11H16N2O6S/c1-8-3-4-9(13(15)16)5-11(8)20(17,18)12-6-10(14)7-19-2/h3-5,10,12,14H,6-7H2,1-2H3. The van der Waals surface area contributed by atoms with E-state index in [2.05, 4.69) is 9.46 Å². The fourth-order valence-corrected chi connectivity index (χ4v) is 2.86. The molecule has 1 aromatic rings. The summed E-state index contributed by atoms with van der Waals surface area (Å²) >= 11 is 0. The van der Waals surface area contributed by atoms with Crippen LogP contribution in [0.4, 0.5) is 5.69 Å². The first-order chi connectivity index (χ1) is 9.27. The van der Waals surface area contributed by atoms with Crippen LogP contribution >= 0.6 is 0 Å². The van der Waals surface area contributed by atoms with Crippen molar-refractivity contribution in [3.8, 4) is 0 Å². The van der Waals surface area contributed by atoms with Crippen molar-refractivity contribution in [3.05, 3.63) is 33.9 Å². The molecule has 0 saturated carbocycles. The zero-order valence-corrected chi connectivity index (χ0v) is 11.9. The summed E-state index contributed by atoms with van der Waals surface area (Å²) in [5.41, 5.74) is 0.0674. The van der Waals surface area contributed by atoms with Crippen LogP contribution in [0.25, 0.3) is 0 Å². The number of ether oxygens (including phenoxy) is 1. The van der Waals surface area contributed by atoms with Crippen LogP contribution in [0.15, 0.2) is 23.1 Å². The van der Waals surface area contributed by atoms with Crippen molar-refractivity contribution in [1.29, 1.82) is 0 Å². The van der Waals surface area contributed by atoms with Gasteiger partial charge >= 0.3 is 0 Å². The molecule has 0 fully saturated rings. The molecule has 20 heavy (non-hydrogen) atoms. The maximum atomic E-state index is 12.1. The van der Waals surface area contributed by atoms with E-state index in [4.69, 9.17) is 0 Å². The highest BCUT2D eigenvalue weighted by Gasteiger charge is 2.21. The lowest BCUT2D eigenvalue weighted by Gasteiger charge is -2.12. The quantitative estimate of drug-likeness (QED) is 0.548. The van der Waals surface area contributed by atoms with Crippen molar-refractivity contribution >= 4 is 15.7 Å². The normalized spacial score (nSPS) is 13.2. The molecule has 1 aromatic carbocycles. The van der Waals surface area contributed by atoms with Gasteiger partial charge in [0.15, 0.2) is 0 Å². The van der Waals surface area contributed by atoms with E-state index in [-0.39, 0.29) is 23.7 Å². The van der Waals surface area contributed by atoms with Crippen molar-refractivity contribution in [2.24, 2.45) is 0 Å². The number of aliphatic hydroxyl groups is 1. The van der Waals surface area contributed by atoms with Crippen molar-refractivity contribution in [3.63, 3.8) is 0 Å². The third kappa shape index (κ3) is 4.23. The number of nitrogens with one attached hydrogen (secondary N) is 1. The van der Waals surface area contributed by atoms with E-state index >= 15 is 0 Å². The molecule has 2 N–H and O–H groups in total. The highest BCUT2D eigenvalue weighted by Crippen LogP contribution is 2.21. The summed E-state index contributed by atoms with van der Waals surface area (Å²) in [6, 6.07) is 3.58. The summed E-state index contributed by atoms with van der Waals surface area (Å²) in [4.78, 5) is 9.82. The fourth-order valence-electron chi connectivity index (χ4n) is 1.53. The molecule has 1 unspecified atom stereocenters. The number of nitro benzene ring substituents is 1. The molecular formula is C11H16N2O6S. The van der Waals surface area contributed by atoms with E-state index in [1.165, 1.54) is 26.2 Å². The van der Waals surface area contributed by atoms with E-state index in [1.807, 2.05) is 0 Å². The molecule has 0 saturated heterocycles. The molecule has 112 valence electrons. The molecule has 0 radical (unpaired) electrons. The molecule has 0 aliphatic carbocycles. The second kappa shape index (κ2) is 6.75. The third-order valence-corrected chi connectivity index (χ3v) is 4.11. The Kier molecular flexibility index (Phi) is 5.57. The van der Waals surface area contributed by atoms with Crippen LogP contribution in [0.1, 0.15) is 5.56 Å². The monoisotopic (exact) mass is 304 g/mol. The maximum absolute atomic E-state index is 12.1. The minimum absolute atomic E-state index is 0.0174. The number of aryl methyl sites for hydroxylation is 1. The second-order valence-electron chi connectivity index (χ2n) is 4.17. The van der Waals surface area contributed by atoms with Gasteiger partial charge in [-0.2, -0.15) is 0 Å². The Bertz CT molecular complexity index is 587. The molecule has 0 spiro atoms. The number of nitrogens with zero attached hydrogens (tertiary/aromatic N) is 1. The molecule has 0 aliphatic heterocycles. The molecule has 0 heterocycles. The van der Waals surface area contributed by atoms with E-state index < -0.39 is 21.1 Å². The van der Waals surface area contributed by atoms with Crippen LogP contribution in [0, 0.1) is 17.0 Å². The average Bonchev–Trinajstić information content (AvgIpc) is 2.37. The highest BCUT2D eigenvalue weighted by atomic mass is 32.2. The lowest BCUT2D eigenvalue weighted by molar-refractivity contribution is -0.385. The molecular weight excluding hydrogens is 288 g/mol. The number of rotatable bonds is 7. The third-order valence-electron chi connectivity index (χ3n) is 2.54. The minimum atomic E-state index is -3.93. The first kappa shape index (κ1) is 16.5. The van der Waals surface area contributed by atoms with Gasteiger partial charge in [0.05, 0.1) is 22.5 Å². The predicted molar refractivity (Wildman–Crippen MR) is 70.9 cm³/mol. The van der Waals surface area contributed by atoms with Crippen molar-refractivity contribution in [2.75, 3.05) is 20.3 Å². The van der Waals surface area contributed by atoms with Gasteiger partial charge in [-0.3, -0.25) is 10.1 Å². The van der Waals surface area contributed by atoms with Crippen LogP contribution < -0.4 is 4.72 Å². The fraction of sp³-hybridized carbons (Fsp3) is 0.455. The van der Waals surface area contributed by atoms with Gasteiger partial charge in [0.25, 0.3) is 5.69 Å². The van der Waals surface area contributed by atoms with Gasteiger partial charge in [-0.25, -0.2) is 13.1 Å². The predicted octanol–water partition coefficient (Wildman–Crippen LogP) is 0.189. The summed E-state index contributed by atoms with van der Waals surface area (Å²) in [5.74, 6) is 0. The minimum Gasteiger partial charge on any atom is -0.389 e. The lowest BCUT2D eigenvalue weighted by Crippen LogP contribution is -2.34. The lowest BCUT2D eigenvalue weighted by atomic mass is 10.2. The van der Waals surface area contributed by atoms with Gasteiger partial charge in [0.1, 0.15) is 0 Å². The van der Waals surface area contributed by atoms with Crippen LogP contribution in [0.2, 0.25) is 0 Å². The van der Waals surface area contributed by atoms with Gasteiger partial charge in [-0.1, -0.05) is 6.07 Å². The van der Waals surface area contributed by atoms with Gasteiger partial charge in [0, 0.05) is 25.8 Å². The first-order valence-corrected chi connectivity index (χ1v) is 7.18. The van der Waals surface area contributed by atoms with E-state index in [0.29, 0.717) is 5.56 Å². The molecule has 1 atom stereocenters. The molecule has 8 nitrogen and oxygen atoms in total. The second-order valence-corrected chi connectivity index (χ2v) is 5.90. The number of hydrogen-bond donors (Lipinski definition) is 2. The van der Waals surface area contributed by atoms with Crippen LogP contribution in [-0.2, 0) is 14.8 Å². The maximum Gasteiger partial charge on any atom is 0.270 e. The van der Waals surface area contributed by atoms with Gasteiger partial charge in [0.2, 0.25) is 10.0 Å². The van der Waals surface area contributed by atoms with Crippen LogP contribution in [-0.4, -0.2) is 44.8 Å². The number of non-ortho nitro benzene ring substituents is 1. The first-order valence-electron chi connectivity index (χ1n) is 5.69. The summed E-state index contributed by atoms with van der Waals surface area (Å²) in [6.45, 7) is 1.28. The number of sulfonamides is 1. The zero-order valence-electron chi connectivity index (χ0n) is 11.1. The Labute approximate surface area is 116 Å². The number of benzene rings is 1. The van der Waals surface area contributed by atoms with E-state index in [0.717, 1.165) is 6.07 Å². The van der Waals surface area contributed by atoms with E-state index in [1.54, 1.807) is 0 Å². The summed E-state index contributed by atoms with van der Waals surface area (Å²) < 4.78 is 31.0. The average molecular weight is 304 g/mol. The number of hydrogen-bond acceptors (Lipinski definition) is 6. The molecule has 0 bridgehead atoms. The van der Waals surface area contributed by atoms with Crippen LogP contribution in [0.3, 0.4) is 0 Å². The Balaban J connectivity index is 2.97. The van der Waals surface area contributed by atoms with Crippen molar-refractivity contribution in [2.45, 2.75) is 17.9 Å². The summed E-state index contributed by atoms with van der Waals surface area (Å²) in [5, 5.41) is 20.1. The molecule has 1 rings (SSSR count). The molecule has 0 aromatic heterocycles. The Morgan fingerprint density at radius 3 is 2.70 bits per heavy atom. The smallest absolute Gasteiger partial charge is 0.270 e. The van der Waals surface area contributed by atoms with Crippen molar-refractivity contribution < 1.29 is 23.2 Å². The largest absolute Gasteiger partial charge is 0.389 e. The zero-order chi connectivity index (χ0) is 15.3. The molecule has 9 heteroatoms. The van der Waals surface area contributed by atoms with Crippen LogP contribution in [0.5, 0.6) is 0 Å². The molecule has 0 amide bonds. The van der Waals surface area contributed by atoms with E-state index in [9.17, 15) is 23.6 Å². The molecule has 0 aliphatic rings.